The second kappa shape index (κ2) is 5.19. The fourth-order valence-electron chi connectivity index (χ4n) is 0.942. The molecule has 0 saturated heterocycles. The maximum atomic E-state index is 10.8. The van der Waals surface area contributed by atoms with Gasteiger partial charge in [0, 0.05) is 6.92 Å². The summed E-state index contributed by atoms with van der Waals surface area (Å²) < 4.78 is 5.16. The number of ether oxygens (including phenoxy) is 1. The van der Waals surface area contributed by atoms with Crippen LogP contribution >= 0.6 is 23.2 Å². The van der Waals surface area contributed by atoms with Crippen molar-refractivity contribution in [2.75, 3.05) is 11.9 Å². The zero-order chi connectivity index (χ0) is 11.4. The van der Waals surface area contributed by atoms with Crippen molar-refractivity contribution in [1.29, 1.82) is 0 Å². The highest BCUT2D eigenvalue weighted by molar-refractivity contribution is 6.37. The van der Waals surface area contributed by atoms with Crippen LogP contribution in [-0.4, -0.2) is 17.5 Å². The quantitative estimate of drug-likeness (QED) is 0.895. The van der Waals surface area contributed by atoms with Crippen LogP contribution in [0.2, 0.25) is 10.0 Å². The maximum Gasteiger partial charge on any atom is 0.234 e. The van der Waals surface area contributed by atoms with Crippen molar-refractivity contribution in [3.8, 4) is 5.88 Å². The van der Waals surface area contributed by atoms with Crippen LogP contribution in [0.4, 0.5) is 5.82 Å². The number of carbonyl (C=O) groups excluding carboxylic acids is 1. The van der Waals surface area contributed by atoms with Gasteiger partial charge in [0.25, 0.3) is 0 Å². The van der Waals surface area contributed by atoms with Gasteiger partial charge in [-0.3, -0.25) is 4.79 Å². The third-order valence-electron chi connectivity index (χ3n) is 1.47. The van der Waals surface area contributed by atoms with Crippen LogP contribution in [-0.2, 0) is 4.79 Å². The molecule has 82 valence electrons. The van der Waals surface area contributed by atoms with Crippen molar-refractivity contribution >= 4 is 34.9 Å². The molecule has 1 amide bonds. The molecule has 0 aliphatic heterocycles. The Hall–Kier alpha value is -1.00. The number of carbonyl (C=O) groups is 1. The van der Waals surface area contributed by atoms with Gasteiger partial charge in [-0.05, 0) is 13.0 Å². The van der Waals surface area contributed by atoms with Gasteiger partial charge in [-0.2, -0.15) is 4.98 Å². The van der Waals surface area contributed by atoms with E-state index in [0.717, 1.165) is 0 Å². The van der Waals surface area contributed by atoms with Gasteiger partial charge in [0.1, 0.15) is 5.02 Å². The molecule has 0 radical (unpaired) electrons. The average molecular weight is 249 g/mol. The predicted octanol–water partition coefficient (Wildman–Crippen LogP) is 2.75. The molecule has 1 N–H and O–H groups in total. The van der Waals surface area contributed by atoms with Gasteiger partial charge in [0.05, 0.1) is 11.6 Å². The molecule has 0 aliphatic rings. The standard InChI is InChI=1S/C9H10Cl2N2O2/c1-3-15-9-7(11)4-6(10)8(13-9)12-5(2)14/h4H,3H2,1-2H3,(H,12,13,14). The minimum Gasteiger partial charge on any atom is -0.477 e. The number of anilines is 1. The molecule has 0 fully saturated rings. The molecule has 1 aromatic rings. The van der Waals surface area contributed by atoms with Crippen LogP contribution in [0.3, 0.4) is 0 Å². The van der Waals surface area contributed by atoms with E-state index in [-0.39, 0.29) is 22.6 Å². The Bertz CT molecular complexity index is 383. The molecule has 15 heavy (non-hydrogen) atoms. The smallest absolute Gasteiger partial charge is 0.234 e. The molecule has 6 heteroatoms. The van der Waals surface area contributed by atoms with Crippen molar-refractivity contribution in [3.05, 3.63) is 16.1 Å². The molecule has 0 spiro atoms. The van der Waals surface area contributed by atoms with E-state index in [1.54, 1.807) is 0 Å². The topological polar surface area (TPSA) is 51.2 Å². The number of nitrogens with one attached hydrogen (secondary N) is 1. The Morgan fingerprint density at radius 1 is 1.53 bits per heavy atom. The molecule has 4 nitrogen and oxygen atoms in total. The van der Waals surface area contributed by atoms with E-state index < -0.39 is 0 Å². The summed E-state index contributed by atoms with van der Waals surface area (Å²) in [6.45, 7) is 3.62. The Kier molecular flexibility index (Phi) is 4.17. The van der Waals surface area contributed by atoms with Gasteiger partial charge < -0.3 is 10.1 Å². The SMILES string of the molecule is CCOc1nc(NC(C)=O)c(Cl)cc1Cl. The minimum atomic E-state index is -0.255. The van der Waals surface area contributed by atoms with E-state index in [1.165, 1.54) is 13.0 Å². The first-order chi connectivity index (χ1) is 7.04. The molecule has 0 bridgehead atoms. The summed E-state index contributed by atoms with van der Waals surface area (Å²) in [5.41, 5.74) is 0. The molecular formula is C9H10Cl2N2O2. The van der Waals surface area contributed by atoms with Gasteiger partial charge in [-0.25, -0.2) is 0 Å². The van der Waals surface area contributed by atoms with Crippen molar-refractivity contribution in [2.45, 2.75) is 13.8 Å². The largest absolute Gasteiger partial charge is 0.477 e. The molecule has 1 heterocycles. The van der Waals surface area contributed by atoms with E-state index in [9.17, 15) is 4.79 Å². The summed E-state index contributed by atoms with van der Waals surface area (Å²) in [5.74, 6) is 0.249. The van der Waals surface area contributed by atoms with E-state index >= 15 is 0 Å². The minimum absolute atomic E-state index is 0.247. The first-order valence-corrected chi connectivity index (χ1v) is 5.06. The predicted molar refractivity (Wildman–Crippen MR) is 59.7 cm³/mol. The number of rotatable bonds is 3. The number of amides is 1. The number of hydrogen-bond acceptors (Lipinski definition) is 3. The molecule has 0 aliphatic carbocycles. The van der Waals surface area contributed by atoms with E-state index in [2.05, 4.69) is 10.3 Å². The first-order valence-electron chi connectivity index (χ1n) is 4.31. The average Bonchev–Trinajstić information content (AvgIpc) is 2.12. The Morgan fingerprint density at radius 3 is 2.73 bits per heavy atom. The molecule has 1 aromatic heterocycles. The molecule has 0 saturated carbocycles. The maximum absolute atomic E-state index is 10.8. The van der Waals surface area contributed by atoms with Gasteiger partial charge in [0.15, 0.2) is 5.82 Å². The number of halogens is 2. The lowest BCUT2D eigenvalue weighted by Gasteiger charge is -2.08. The van der Waals surface area contributed by atoms with Crippen LogP contribution in [0.5, 0.6) is 5.88 Å². The lowest BCUT2D eigenvalue weighted by Crippen LogP contribution is -2.09. The fraction of sp³-hybridized carbons (Fsp3) is 0.333. The third-order valence-corrected chi connectivity index (χ3v) is 2.03. The van der Waals surface area contributed by atoms with Crippen molar-refractivity contribution < 1.29 is 9.53 Å². The summed E-state index contributed by atoms with van der Waals surface area (Å²) in [6, 6.07) is 1.48. The van der Waals surface area contributed by atoms with Gasteiger partial charge in [-0.15, -0.1) is 0 Å². The molecule has 1 rings (SSSR count). The van der Waals surface area contributed by atoms with Crippen molar-refractivity contribution in [1.82, 2.24) is 4.98 Å². The number of aromatic nitrogens is 1. The summed E-state index contributed by atoms with van der Waals surface area (Å²) in [5, 5.41) is 3.07. The zero-order valence-corrected chi connectivity index (χ0v) is 9.82. The van der Waals surface area contributed by atoms with E-state index in [4.69, 9.17) is 27.9 Å². The summed E-state index contributed by atoms with van der Waals surface area (Å²) >= 11 is 11.7. The zero-order valence-electron chi connectivity index (χ0n) is 8.30. The van der Waals surface area contributed by atoms with Crippen LogP contribution in [0.1, 0.15) is 13.8 Å². The summed E-state index contributed by atoms with van der Waals surface area (Å²) in [4.78, 5) is 14.8. The lowest BCUT2D eigenvalue weighted by atomic mass is 10.4. The number of nitrogens with zero attached hydrogens (tertiary/aromatic N) is 1. The Labute approximate surface area is 97.5 Å². The van der Waals surface area contributed by atoms with Gasteiger partial charge in [0.2, 0.25) is 11.8 Å². The van der Waals surface area contributed by atoms with Crippen LogP contribution in [0.15, 0.2) is 6.07 Å². The van der Waals surface area contributed by atoms with Crippen LogP contribution in [0, 0.1) is 0 Å². The van der Waals surface area contributed by atoms with Gasteiger partial charge in [-0.1, -0.05) is 23.2 Å². The molecule has 0 aromatic carbocycles. The normalized spacial score (nSPS) is 9.87. The monoisotopic (exact) mass is 248 g/mol. The molecular weight excluding hydrogens is 239 g/mol. The van der Waals surface area contributed by atoms with Crippen LogP contribution < -0.4 is 10.1 Å². The molecule has 0 unspecified atom stereocenters. The first kappa shape index (κ1) is 12.1. The summed E-state index contributed by atoms with van der Waals surface area (Å²) in [7, 11) is 0. The fourth-order valence-corrected chi connectivity index (χ4v) is 1.40. The van der Waals surface area contributed by atoms with Crippen molar-refractivity contribution in [3.63, 3.8) is 0 Å². The second-order valence-electron chi connectivity index (χ2n) is 2.72. The third kappa shape index (κ3) is 3.25. The highest BCUT2D eigenvalue weighted by atomic mass is 35.5. The number of pyridine rings is 1. The van der Waals surface area contributed by atoms with Crippen molar-refractivity contribution in [2.24, 2.45) is 0 Å². The van der Waals surface area contributed by atoms with E-state index in [1.807, 2.05) is 6.92 Å². The Balaban J connectivity index is 3.05. The lowest BCUT2D eigenvalue weighted by molar-refractivity contribution is -0.114. The van der Waals surface area contributed by atoms with E-state index in [0.29, 0.717) is 11.6 Å². The molecule has 0 atom stereocenters. The Morgan fingerprint density at radius 2 is 2.20 bits per heavy atom. The highest BCUT2D eigenvalue weighted by Gasteiger charge is 2.10. The van der Waals surface area contributed by atoms with Gasteiger partial charge >= 0.3 is 0 Å². The van der Waals surface area contributed by atoms with Crippen LogP contribution in [0.25, 0.3) is 0 Å². The highest BCUT2D eigenvalue weighted by Crippen LogP contribution is 2.30. The second-order valence-corrected chi connectivity index (χ2v) is 3.53. The summed E-state index contributed by atoms with van der Waals surface area (Å²) in [6.07, 6.45) is 0. The number of hydrogen-bond donors (Lipinski definition) is 1.